The monoisotopic (exact) mass is 266 g/mol. The molecule has 4 nitrogen and oxygen atoms in total. The van der Waals surface area contributed by atoms with Crippen LogP contribution in [-0.2, 0) is 0 Å². The van der Waals surface area contributed by atoms with Crippen molar-refractivity contribution in [1.29, 1.82) is 0 Å². The number of ether oxygens (including phenoxy) is 2. The summed E-state index contributed by atoms with van der Waals surface area (Å²) >= 11 is 2.00. The first-order valence-corrected chi connectivity index (χ1v) is 3.96. The third-order valence-electron chi connectivity index (χ3n) is 1.11. The highest BCUT2D eigenvalue weighted by Crippen LogP contribution is 2.22. The summed E-state index contributed by atoms with van der Waals surface area (Å²) in [5.41, 5.74) is 0. The average Bonchev–Trinajstić information content (AvgIpc) is 2.04. The van der Waals surface area contributed by atoms with Crippen molar-refractivity contribution in [3.63, 3.8) is 0 Å². The van der Waals surface area contributed by atoms with Gasteiger partial charge in [-0.2, -0.15) is 4.98 Å². The molecule has 0 atom stereocenters. The van der Waals surface area contributed by atoms with Gasteiger partial charge in [0, 0.05) is 22.6 Å². The summed E-state index contributed by atoms with van der Waals surface area (Å²) in [6.07, 6.45) is 1.58. The Morgan fingerprint density at radius 1 is 1.36 bits per heavy atom. The van der Waals surface area contributed by atoms with Crippen LogP contribution >= 0.6 is 22.6 Å². The molecule has 0 aliphatic carbocycles. The highest BCUT2D eigenvalue weighted by atomic mass is 127. The molecule has 0 N–H and O–H groups in total. The van der Waals surface area contributed by atoms with Crippen LogP contribution in [0.4, 0.5) is 0 Å². The summed E-state index contributed by atoms with van der Waals surface area (Å²) in [6, 6.07) is 0. The van der Waals surface area contributed by atoms with Gasteiger partial charge in [-0.25, -0.2) is 4.98 Å². The molecule has 0 fully saturated rings. The van der Waals surface area contributed by atoms with E-state index in [2.05, 4.69) is 9.97 Å². The summed E-state index contributed by atoms with van der Waals surface area (Å²) in [4.78, 5) is 7.92. The maximum absolute atomic E-state index is 4.94. The summed E-state index contributed by atoms with van der Waals surface area (Å²) < 4.78 is 10.5. The third-order valence-corrected chi connectivity index (χ3v) is 1.63. The zero-order chi connectivity index (χ0) is 8.27. The van der Waals surface area contributed by atoms with E-state index in [4.69, 9.17) is 9.47 Å². The molecule has 0 unspecified atom stereocenters. The lowest BCUT2D eigenvalue weighted by Crippen LogP contribution is -1.96. The van der Waals surface area contributed by atoms with Crippen LogP contribution in [0, 0.1) is 3.83 Å². The molecule has 0 bridgehead atoms. The Labute approximate surface area is 78.1 Å². The van der Waals surface area contributed by atoms with Crippen LogP contribution in [0.15, 0.2) is 6.20 Å². The number of halogens is 1. The molecule has 11 heavy (non-hydrogen) atoms. The maximum atomic E-state index is 4.94. The van der Waals surface area contributed by atoms with Crippen molar-refractivity contribution < 1.29 is 9.47 Å². The number of methoxy groups -OCH3 is 2. The molecule has 5 heteroatoms. The minimum absolute atomic E-state index is 0.465. The summed E-state index contributed by atoms with van der Waals surface area (Å²) in [5, 5.41) is 0. The van der Waals surface area contributed by atoms with Gasteiger partial charge >= 0.3 is 0 Å². The number of nitrogens with zero attached hydrogens (tertiary/aromatic N) is 2. The van der Waals surface area contributed by atoms with Crippen LogP contribution in [-0.4, -0.2) is 24.2 Å². The Morgan fingerprint density at radius 3 is 2.64 bits per heavy atom. The number of rotatable bonds is 2. The predicted molar refractivity (Wildman–Crippen MR) is 47.9 cm³/mol. The molecule has 0 amide bonds. The van der Waals surface area contributed by atoms with Crippen molar-refractivity contribution in [3.8, 4) is 11.6 Å². The number of aromatic nitrogens is 2. The molecule has 0 aliphatic rings. The second-order valence-electron chi connectivity index (χ2n) is 1.72. The van der Waals surface area contributed by atoms with Gasteiger partial charge in [-0.1, -0.05) is 0 Å². The number of hydrogen-bond acceptors (Lipinski definition) is 4. The van der Waals surface area contributed by atoms with Crippen LogP contribution in [0.1, 0.15) is 0 Å². The van der Waals surface area contributed by atoms with Crippen LogP contribution in [0.2, 0.25) is 0 Å². The van der Waals surface area contributed by atoms with E-state index in [1.807, 2.05) is 22.6 Å². The molecule has 1 aromatic heterocycles. The van der Waals surface area contributed by atoms with Gasteiger partial charge in [-0.15, -0.1) is 0 Å². The van der Waals surface area contributed by atoms with Crippen molar-refractivity contribution in [2.75, 3.05) is 14.2 Å². The van der Waals surface area contributed by atoms with E-state index in [-0.39, 0.29) is 0 Å². The third kappa shape index (κ3) is 1.92. The minimum Gasteiger partial charge on any atom is -0.490 e. The average molecular weight is 266 g/mol. The summed E-state index contributed by atoms with van der Waals surface area (Å²) in [5.74, 6) is 1.01. The van der Waals surface area contributed by atoms with E-state index < -0.39 is 0 Å². The van der Waals surface area contributed by atoms with E-state index in [0.717, 1.165) is 0 Å². The van der Waals surface area contributed by atoms with Gasteiger partial charge in [-0.05, 0) is 0 Å². The van der Waals surface area contributed by atoms with E-state index in [1.54, 1.807) is 20.4 Å². The Hall–Kier alpha value is -0.590. The van der Waals surface area contributed by atoms with Gasteiger partial charge in [0.25, 0.3) is 5.88 Å². The van der Waals surface area contributed by atoms with Crippen LogP contribution in [0.25, 0.3) is 0 Å². The predicted octanol–water partition coefficient (Wildman–Crippen LogP) is 1.10. The second-order valence-corrected chi connectivity index (χ2v) is 2.68. The maximum Gasteiger partial charge on any atom is 0.260 e. The van der Waals surface area contributed by atoms with Crippen LogP contribution < -0.4 is 9.47 Å². The molecule has 0 aromatic carbocycles. The van der Waals surface area contributed by atoms with Crippen LogP contribution in [0.5, 0.6) is 11.6 Å². The first kappa shape index (κ1) is 8.51. The van der Waals surface area contributed by atoms with Crippen molar-refractivity contribution >= 4 is 22.6 Å². The number of hydrogen-bond donors (Lipinski definition) is 0. The molecule has 0 radical (unpaired) electrons. The normalized spacial score (nSPS) is 9.36. The molecule has 0 saturated heterocycles. The Bertz CT molecular complexity index is 254. The minimum atomic E-state index is 0.465. The Balaban J connectivity index is 3.06. The zero-order valence-electron chi connectivity index (χ0n) is 6.17. The smallest absolute Gasteiger partial charge is 0.260 e. The molecule has 1 heterocycles. The zero-order valence-corrected chi connectivity index (χ0v) is 8.32. The lowest BCUT2D eigenvalue weighted by atomic mass is 10.6. The van der Waals surface area contributed by atoms with Gasteiger partial charge in [0.2, 0.25) is 0 Å². The largest absolute Gasteiger partial charge is 0.490 e. The van der Waals surface area contributed by atoms with Gasteiger partial charge in [0.1, 0.15) is 0 Å². The fraction of sp³-hybridized carbons (Fsp3) is 0.333. The van der Waals surface area contributed by atoms with Crippen molar-refractivity contribution in [3.05, 3.63) is 10.0 Å². The first-order chi connectivity index (χ1) is 5.27. The lowest BCUT2D eigenvalue weighted by molar-refractivity contribution is 0.339. The molecule has 60 valence electrons. The van der Waals surface area contributed by atoms with Crippen molar-refractivity contribution in [2.24, 2.45) is 0 Å². The second kappa shape index (κ2) is 3.70. The Kier molecular flexibility index (Phi) is 2.86. The van der Waals surface area contributed by atoms with Crippen molar-refractivity contribution in [2.45, 2.75) is 0 Å². The van der Waals surface area contributed by atoms with Crippen molar-refractivity contribution in [1.82, 2.24) is 9.97 Å². The first-order valence-electron chi connectivity index (χ1n) is 2.88. The van der Waals surface area contributed by atoms with Gasteiger partial charge < -0.3 is 9.47 Å². The molecule has 0 spiro atoms. The standard InChI is InChI=1S/C6H7IN2O2/c1-10-4-3-8-6(7)9-5(4)11-2/h3H,1-2H3. The highest BCUT2D eigenvalue weighted by Gasteiger charge is 2.04. The summed E-state index contributed by atoms with van der Waals surface area (Å²) in [7, 11) is 3.09. The fourth-order valence-electron chi connectivity index (χ4n) is 0.621. The highest BCUT2D eigenvalue weighted by molar-refractivity contribution is 14.1. The molecule has 1 rings (SSSR count). The van der Waals surface area contributed by atoms with Gasteiger partial charge in [0.05, 0.1) is 20.4 Å². The van der Waals surface area contributed by atoms with E-state index >= 15 is 0 Å². The van der Waals surface area contributed by atoms with Gasteiger partial charge in [0.15, 0.2) is 9.58 Å². The van der Waals surface area contributed by atoms with Gasteiger partial charge in [-0.3, -0.25) is 0 Å². The van der Waals surface area contributed by atoms with E-state index in [9.17, 15) is 0 Å². The Morgan fingerprint density at radius 2 is 2.09 bits per heavy atom. The molecular formula is C6H7IN2O2. The molecule has 0 saturated carbocycles. The lowest BCUT2D eigenvalue weighted by Gasteiger charge is -2.04. The fourth-order valence-corrected chi connectivity index (χ4v) is 0.979. The van der Waals surface area contributed by atoms with Crippen LogP contribution in [0.3, 0.4) is 0 Å². The molecule has 1 aromatic rings. The quantitative estimate of drug-likeness (QED) is 0.594. The topological polar surface area (TPSA) is 44.2 Å². The molecule has 0 aliphatic heterocycles. The van der Waals surface area contributed by atoms with E-state index in [1.165, 1.54) is 0 Å². The molecular weight excluding hydrogens is 259 g/mol. The summed E-state index contributed by atoms with van der Waals surface area (Å²) in [6.45, 7) is 0. The SMILES string of the molecule is COc1cnc(I)nc1OC. The van der Waals surface area contributed by atoms with E-state index in [0.29, 0.717) is 15.5 Å².